The molecule has 2 nitrogen and oxygen atoms in total. The van der Waals surface area contributed by atoms with E-state index in [-0.39, 0.29) is 5.82 Å². The van der Waals surface area contributed by atoms with Gasteiger partial charge in [-0.15, -0.1) is 0 Å². The molecule has 0 aromatic heterocycles. The van der Waals surface area contributed by atoms with Gasteiger partial charge in [-0.25, -0.2) is 4.39 Å². The molecule has 0 saturated heterocycles. The van der Waals surface area contributed by atoms with Gasteiger partial charge < -0.3 is 5.32 Å². The van der Waals surface area contributed by atoms with Crippen molar-refractivity contribution in [3.05, 3.63) is 35.1 Å². The summed E-state index contributed by atoms with van der Waals surface area (Å²) < 4.78 is 13.0. The Balaban J connectivity index is 2.54. The van der Waals surface area contributed by atoms with Crippen LogP contribution in [0.2, 0.25) is 0 Å². The van der Waals surface area contributed by atoms with Gasteiger partial charge in [-0.2, -0.15) is 0 Å². The molecule has 0 saturated carbocycles. The highest BCUT2D eigenvalue weighted by Crippen LogP contribution is 2.12. The Labute approximate surface area is 104 Å². The van der Waals surface area contributed by atoms with E-state index in [4.69, 9.17) is 0 Å². The minimum Gasteiger partial charge on any atom is -0.316 e. The summed E-state index contributed by atoms with van der Waals surface area (Å²) in [6.45, 7) is 11.2. The first-order valence-corrected chi connectivity index (χ1v) is 6.35. The standard InChI is InChI=1S/C14H23FN2/c1-4-16-8-9-17(5-2)11-13-6-7-14(15)10-12(13)3/h6-7,10,16H,4-5,8-9,11H2,1-3H3. The number of rotatable bonds is 7. The van der Waals surface area contributed by atoms with Crippen molar-refractivity contribution in [2.75, 3.05) is 26.2 Å². The van der Waals surface area contributed by atoms with Gasteiger partial charge in [0.1, 0.15) is 5.82 Å². The molecule has 0 amide bonds. The van der Waals surface area contributed by atoms with Crippen LogP contribution in [0.25, 0.3) is 0 Å². The zero-order valence-corrected chi connectivity index (χ0v) is 11.1. The molecule has 0 bridgehead atoms. The van der Waals surface area contributed by atoms with Crippen molar-refractivity contribution >= 4 is 0 Å². The Morgan fingerprint density at radius 2 is 2.06 bits per heavy atom. The molecule has 0 atom stereocenters. The van der Waals surface area contributed by atoms with E-state index < -0.39 is 0 Å². The zero-order chi connectivity index (χ0) is 12.7. The van der Waals surface area contributed by atoms with Gasteiger partial charge >= 0.3 is 0 Å². The van der Waals surface area contributed by atoms with Gasteiger partial charge in [0, 0.05) is 19.6 Å². The molecule has 0 radical (unpaired) electrons. The van der Waals surface area contributed by atoms with Crippen molar-refractivity contribution < 1.29 is 4.39 Å². The number of hydrogen-bond donors (Lipinski definition) is 1. The van der Waals surface area contributed by atoms with Crippen LogP contribution in [0.1, 0.15) is 25.0 Å². The van der Waals surface area contributed by atoms with Crippen LogP contribution in [0.5, 0.6) is 0 Å². The zero-order valence-electron chi connectivity index (χ0n) is 11.1. The van der Waals surface area contributed by atoms with Crippen molar-refractivity contribution in [3.63, 3.8) is 0 Å². The molecule has 96 valence electrons. The fourth-order valence-corrected chi connectivity index (χ4v) is 1.84. The van der Waals surface area contributed by atoms with Crippen molar-refractivity contribution in [3.8, 4) is 0 Å². The smallest absolute Gasteiger partial charge is 0.123 e. The van der Waals surface area contributed by atoms with E-state index in [9.17, 15) is 4.39 Å². The highest BCUT2D eigenvalue weighted by Gasteiger charge is 2.06. The highest BCUT2D eigenvalue weighted by molar-refractivity contribution is 5.26. The molecule has 0 aliphatic rings. The number of hydrogen-bond acceptors (Lipinski definition) is 2. The third-order valence-electron chi connectivity index (χ3n) is 3.00. The van der Waals surface area contributed by atoms with E-state index in [1.165, 1.54) is 5.56 Å². The van der Waals surface area contributed by atoms with Crippen LogP contribution in [-0.4, -0.2) is 31.1 Å². The van der Waals surface area contributed by atoms with E-state index in [0.717, 1.165) is 38.3 Å². The number of likely N-dealkylation sites (N-methyl/N-ethyl adjacent to an activating group) is 2. The summed E-state index contributed by atoms with van der Waals surface area (Å²) in [5, 5.41) is 3.32. The number of nitrogens with one attached hydrogen (secondary N) is 1. The van der Waals surface area contributed by atoms with Crippen LogP contribution in [0, 0.1) is 12.7 Å². The Bertz CT molecular complexity index is 339. The molecule has 1 aromatic carbocycles. The second-order valence-electron chi connectivity index (χ2n) is 4.29. The van der Waals surface area contributed by atoms with E-state index in [2.05, 4.69) is 24.1 Å². The van der Waals surface area contributed by atoms with Crippen molar-refractivity contribution in [2.45, 2.75) is 27.3 Å². The Morgan fingerprint density at radius 3 is 2.65 bits per heavy atom. The lowest BCUT2D eigenvalue weighted by atomic mass is 10.1. The first kappa shape index (κ1) is 14.1. The van der Waals surface area contributed by atoms with E-state index >= 15 is 0 Å². The van der Waals surface area contributed by atoms with Gasteiger partial charge in [-0.1, -0.05) is 19.9 Å². The molecule has 1 aromatic rings. The van der Waals surface area contributed by atoms with Crippen molar-refractivity contribution in [2.24, 2.45) is 0 Å². The van der Waals surface area contributed by atoms with E-state index in [1.807, 2.05) is 13.0 Å². The van der Waals surface area contributed by atoms with Gasteiger partial charge in [-0.3, -0.25) is 4.90 Å². The lowest BCUT2D eigenvalue weighted by Gasteiger charge is -2.21. The molecule has 3 heteroatoms. The first-order valence-electron chi connectivity index (χ1n) is 6.35. The molecule has 0 heterocycles. The lowest BCUT2D eigenvalue weighted by Crippen LogP contribution is -2.31. The monoisotopic (exact) mass is 238 g/mol. The summed E-state index contributed by atoms with van der Waals surface area (Å²) in [7, 11) is 0. The minimum atomic E-state index is -0.151. The summed E-state index contributed by atoms with van der Waals surface area (Å²) in [4.78, 5) is 2.36. The molecule has 0 spiro atoms. The summed E-state index contributed by atoms with van der Waals surface area (Å²) in [6.07, 6.45) is 0. The SMILES string of the molecule is CCNCCN(CC)Cc1ccc(F)cc1C. The third kappa shape index (κ3) is 4.84. The number of aryl methyl sites for hydroxylation is 1. The second kappa shape index (κ2) is 7.41. The average molecular weight is 238 g/mol. The van der Waals surface area contributed by atoms with Crippen LogP contribution in [-0.2, 0) is 6.54 Å². The normalized spacial score (nSPS) is 11.1. The van der Waals surface area contributed by atoms with Crippen LogP contribution >= 0.6 is 0 Å². The van der Waals surface area contributed by atoms with Gasteiger partial charge in [0.25, 0.3) is 0 Å². The topological polar surface area (TPSA) is 15.3 Å². The van der Waals surface area contributed by atoms with Crippen LogP contribution < -0.4 is 5.32 Å². The van der Waals surface area contributed by atoms with Crippen molar-refractivity contribution in [1.82, 2.24) is 10.2 Å². The van der Waals surface area contributed by atoms with Crippen LogP contribution in [0.15, 0.2) is 18.2 Å². The summed E-state index contributed by atoms with van der Waals surface area (Å²) >= 11 is 0. The molecule has 1 N–H and O–H groups in total. The molecular formula is C14H23FN2. The van der Waals surface area contributed by atoms with Gasteiger partial charge in [0.2, 0.25) is 0 Å². The molecule has 0 fully saturated rings. The van der Waals surface area contributed by atoms with Crippen LogP contribution in [0.4, 0.5) is 4.39 Å². The summed E-state index contributed by atoms with van der Waals surface area (Å²) in [5.74, 6) is -0.151. The Hall–Kier alpha value is -0.930. The fraction of sp³-hybridized carbons (Fsp3) is 0.571. The Kier molecular flexibility index (Phi) is 6.16. The molecule has 1 rings (SSSR count). The van der Waals surface area contributed by atoms with Gasteiger partial charge in [0.05, 0.1) is 0 Å². The molecule has 0 aliphatic carbocycles. The predicted octanol–water partition coefficient (Wildman–Crippen LogP) is 2.57. The third-order valence-corrected chi connectivity index (χ3v) is 3.00. The lowest BCUT2D eigenvalue weighted by molar-refractivity contribution is 0.279. The largest absolute Gasteiger partial charge is 0.316 e. The van der Waals surface area contributed by atoms with E-state index in [0.29, 0.717) is 0 Å². The molecule has 0 aliphatic heterocycles. The maximum atomic E-state index is 13.0. The minimum absolute atomic E-state index is 0.151. The second-order valence-corrected chi connectivity index (χ2v) is 4.29. The molecule has 17 heavy (non-hydrogen) atoms. The predicted molar refractivity (Wildman–Crippen MR) is 70.6 cm³/mol. The fourth-order valence-electron chi connectivity index (χ4n) is 1.84. The van der Waals surface area contributed by atoms with Crippen molar-refractivity contribution in [1.29, 1.82) is 0 Å². The molecular weight excluding hydrogens is 215 g/mol. The maximum absolute atomic E-state index is 13.0. The number of benzene rings is 1. The van der Waals surface area contributed by atoms with E-state index in [1.54, 1.807) is 12.1 Å². The van der Waals surface area contributed by atoms with Gasteiger partial charge in [-0.05, 0) is 43.3 Å². The first-order chi connectivity index (χ1) is 8.17. The summed E-state index contributed by atoms with van der Waals surface area (Å²) in [5.41, 5.74) is 2.25. The number of nitrogens with zero attached hydrogens (tertiary/aromatic N) is 1. The molecule has 0 unspecified atom stereocenters. The van der Waals surface area contributed by atoms with Crippen LogP contribution in [0.3, 0.4) is 0 Å². The average Bonchev–Trinajstić information content (AvgIpc) is 2.31. The quantitative estimate of drug-likeness (QED) is 0.734. The maximum Gasteiger partial charge on any atom is 0.123 e. The van der Waals surface area contributed by atoms with Gasteiger partial charge in [0.15, 0.2) is 0 Å². The highest BCUT2D eigenvalue weighted by atomic mass is 19.1. The number of halogens is 1. The Morgan fingerprint density at radius 1 is 1.29 bits per heavy atom. The summed E-state index contributed by atoms with van der Waals surface area (Å²) in [6, 6.07) is 5.04.